The highest BCUT2D eigenvalue weighted by atomic mass is 35.5. The molecule has 2 aliphatic heterocycles. The van der Waals surface area contributed by atoms with Crippen LogP contribution in [-0.4, -0.2) is 87.8 Å². The van der Waals surface area contributed by atoms with Crippen LogP contribution in [0.2, 0.25) is 5.02 Å². The summed E-state index contributed by atoms with van der Waals surface area (Å²) in [6.07, 6.45) is 4.66. The monoisotopic (exact) mass is 456 g/mol. The van der Waals surface area contributed by atoms with Gasteiger partial charge in [0.2, 0.25) is 10.0 Å². The summed E-state index contributed by atoms with van der Waals surface area (Å²) in [5.74, 6) is -0.263. The molecular weight excluding hydrogens is 424 g/mol. The lowest BCUT2D eigenvalue weighted by Crippen LogP contribution is -2.44. The van der Waals surface area contributed by atoms with E-state index in [0.29, 0.717) is 25.2 Å². The maximum absolute atomic E-state index is 13.0. The SMILES string of the molecule is CN1CCN(CCCCNC(=O)c2ccc(Cl)c(S(=O)(=O)N3CCCCC3)c2)CC1. The summed E-state index contributed by atoms with van der Waals surface area (Å²) >= 11 is 6.19. The molecule has 9 heteroatoms. The fourth-order valence-corrected chi connectivity index (χ4v) is 5.94. The molecule has 2 aliphatic rings. The predicted octanol–water partition coefficient (Wildman–Crippen LogP) is 2.27. The zero-order valence-corrected chi connectivity index (χ0v) is 19.3. The Hall–Kier alpha value is -1.19. The number of hydrogen-bond acceptors (Lipinski definition) is 5. The number of rotatable bonds is 8. The van der Waals surface area contributed by atoms with Crippen molar-refractivity contribution in [2.24, 2.45) is 0 Å². The van der Waals surface area contributed by atoms with Crippen LogP contribution in [0.5, 0.6) is 0 Å². The Balaban J connectivity index is 1.50. The van der Waals surface area contributed by atoms with E-state index >= 15 is 0 Å². The number of piperazine rings is 1. The first-order chi connectivity index (χ1) is 14.4. The number of nitrogens with one attached hydrogen (secondary N) is 1. The van der Waals surface area contributed by atoms with Crippen molar-refractivity contribution < 1.29 is 13.2 Å². The molecule has 0 radical (unpaired) electrons. The van der Waals surface area contributed by atoms with E-state index in [-0.39, 0.29) is 15.8 Å². The van der Waals surface area contributed by atoms with Gasteiger partial charge in [0.25, 0.3) is 5.91 Å². The third-order valence-corrected chi connectivity index (χ3v) is 8.29. The summed E-state index contributed by atoms with van der Waals surface area (Å²) in [6, 6.07) is 4.49. The number of halogens is 1. The van der Waals surface area contributed by atoms with Gasteiger partial charge < -0.3 is 15.1 Å². The van der Waals surface area contributed by atoms with Gasteiger partial charge in [-0.2, -0.15) is 4.31 Å². The fraction of sp³-hybridized carbons (Fsp3) is 0.667. The lowest BCUT2D eigenvalue weighted by atomic mass is 10.2. The number of carbonyl (C=O) groups excluding carboxylic acids is 1. The number of carbonyl (C=O) groups is 1. The summed E-state index contributed by atoms with van der Waals surface area (Å²) in [5.41, 5.74) is 0.328. The van der Waals surface area contributed by atoms with E-state index in [9.17, 15) is 13.2 Å². The molecule has 0 bridgehead atoms. The van der Waals surface area contributed by atoms with Crippen LogP contribution in [0.4, 0.5) is 0 Å². The predicted molar refractivity (Wildman–Crippen MR) is 120 cm³/mol. The number of likely N-dealkylation sites (N-methyl/N-ethyl adjacent to an activating group) is 1. The minimum atomic E-state index is -3.68. The van der Waals surface area contributed by atoms with E-state index in [4.69, 9.17) is 11.6 Å². The number of sulfonamides is 1. The summed E-state index contributed by atoms with van der Waals surface area (Å²) in [5, 5.41) is 3.06. The Morgan fingerprint density at radius 1 is 1.03 bits per heavy atom. The van der Waals surface area contributed by atoms with Crippen LogP contribution in [0.3, 0.4) is 0 Å². The molecule has 1 N–H and O–H groups in total. The quantitative estimate of drug-likeness (QED) is 0.607. The van der Waals surface area contributed by atoms with Crippen LogP contribution in [0.25, 0.3) is 0 Å². The topological polar surface area (TPSA) is 73.0 Å². The Bertz CT molecular complexity index is 820. The van der Waals surface area contributed by atoms with Gasteiger partial charge in [0.1, 0.15) is 4.90 Å². The molecule has 1 amide bonds. The van der Waals surface area contributed by atoms with Gasteiger partial charge in [-0.15, -0.1) is 0 Å². The van der Waals surface area contributed by atoms with Crippen LogP contribution in [0.15, 0.2) is 23.1 Å². The van der Waals surface area contributed by atoms with Gasteiger partial charge in [0, 0.05) is 51.4 Å². The number of hydrogen-bond donors (Lipinski definition) is 1. The maximum Gasteiger partial charge on any atom is 0.251 e. The van der Waals surface area contributed by atoms with Crippen molar-refractivity contribution in [3.8, 4) is 0 Å². The molecule has 30 heavy (non-hydrogen) atoms. The van der Waals surface area contributed by atoms with Gasteiger partial charge in [0.05, 0.1) is 5.02 Å². The van der Waals surface area contributed by atoms with Crippen LogP contribution >= 0.6 is 11.6 Å². The van der Waals surface area contributed by atoms with Gasteiger partial charge in [0.15, 0.2) is 0 Å². The van der Waals surface area contributed by atoms with E-state index < -0.39 is 10.0 Å². The Labute approximate surface area is 185 Å². The third kappa shape index (κ3) is 6.17. The molecule has 1 aromatic rings. The van der Waals surface area contributed by atoms with Crippen LogP contribution in [0.1, 0.15) is 42.5 Å². The van der Waals surface area contributed by atoms with Gasteiger partial charge in [-0.05, 0) is 57.5 Å². The molecule has 0 aliphatic carbocycles. The average Bonchev–Trinajstić information content (AvgIpc) is 2.75. The van der Waals surface area contributed by atoms with E-state index in [1.165, 1.54) is 16.4 Å². The first-order valence-corrected chi connectivity index (χ1v) is 12.7. The van der Waals surface area contributed by atoms with Gasteiger partial charge in [-0.25, -0.2) is 8.42 Å². The molecule has 1 aromatic carbocycles. The molecule has 0 unspecified atom stereocenters. The van der Waals surface area contributed by atoms with E-state index in [2.05, 4.69) is 22.2 Å². The van der Waals surface area contributed by atoms with E-state index in [0.717, 1.165) is 64.8 Å². The lowest BCUT2D eigenvalue weighted by Gasteiger charge is -2.32. The molecule has 168 valence electrons. The number of piperidine rings is 1. The number of amides is 1. The van der Waals surface area contributed by atoms with Gasteiger partial charge >= 0.3 is 0 Å². The van der Waals surface area contributed by atoms with Crippen molar-refractivity contribution in [3.63, 3.8) is 0 Å². The maximum atomic E-state index is 13.0. The molecule has 2 saturated heterocycles. The summed E-state index contributed by atoms with van der Waals surface area (Å²) in [7, 11) is -1.54. The molecule has 2 fully saturated rings. The first kappa shape index (κ1) is 23.5. The van der Waals surface area contributed by atoms with Gasteiger partial charge in [-0.1, -0.05) is 18.0 Å². The summed E-state index contributed by atoms with van der Waals surface area (Å²) in [4.78, 5) is 17.3. The second-order valence-corrected chi connectivity index (χ2v) is 10.5. The average molecular weight is 457 g/mol. The van der Waals surface area contributed by atoms with Crippen molar-refractivity contribution in [2.75, 3.05) is 59.4 Å². The Morgan fingerprint density at radius 3 is 2.43 bits per heavy atom. The zero-order chi connectivity index (χ0) is 21.6. The molecule has 7 nitrogen and oxygen atoms in total. The summed E-state index contributed by atoms with van der Waals surface area (Å²) < 4.78 is 27.4. The molecule has 0 atom stereocenters. The normalized spacial score (nSPS) is 19.7. The van der Waals surface area contributed by atoms with E-state index in [1.54, 1.807) is 6.07 Å². The van der Waals surface area contributed by atoms with Gasteiger partial charge in [-0.3, -0.25) is 4.79 Å². The van der Waals surface area contributed by atoms with Crippen molar-refractivity contribution in [3.05, 3.63) is 28.8 Å². The minimum absolute atomic E-state index is 0.0220. The van der Waals surface area contributed by atoms with E-state index in [1.807, 2.05) is 0 Å². The lowest BCUT2D eigenvalue weighted by molar-refractivity contribution is 0.0951. The standard InChI is InChI=1S/C21H33ClN4O3S/c1-24-13-15-25(16-14-24)10-6-3-9-23-21(27)18-7-8-19(22)20(17-18)30(28,29)26-11-4-2-5-12-26/h7-8,17H,2-6,9-16H2,1H3,(H,23,27). The number of unbranched alkanes of at least 4 members (excludes halogenated alkanes) is 1. The molecule has 3 rings (SSSR count). The minimum Gasteiger partial charge on any atom is -0.352 e. The van der Waals surface area contributed by atoms with Crippen LogP contribution in [-0.2, 0) is 10.0 Å². The molecule has 2 heterocycles. The van der Waals surface area contributed by atoms with Crippen molar-refractivity contribution in [1.82, 2.24) is 19.4 Å². The summed E-state index contributed by atoms with van der Waals surface area (Å²) in [6.45, 7) is 7.03. The molecule has 0 aromatic heterocycles. The smallest absolute Gasteiger partial charge is 0.251 e. The van der Waals surface area contributed by atoms with Crippen molar-refractivity contribution >= 4 is 27.5 Å². The second kappa shape index (κ2) is 10.9. The molecular formula is C21H33ClN4O3S. The molecule has 0 saturated carbocycles. The second-order valence-electron chi connectivity index (χ2n) is 8.22. The molecule has 0 spiro atoms. The third-order valence-electron chi connectivity index (χ3n) is 5.91. The highest BCUT2D eigenvalue weighted by Gasteiger charge is 2.28. The number of nitrogens with zero attached hydrogens (tertiary/aromatic N) is 3. The fourth-order valence-electron chi connectivity index (χ4n) is 3.92. The first-order valence-electron chi connectivity index (χ1n) is 10.9. The highest BCUT2D eigenvalue weighted by molar-refractivity contribution is 7.89. The van der Waals surface area contributed by atoms with Crippen LogP contribution < -0.4 is 5.32 Å². The number of benzene rings is 1. The highest BCUT2D eigenvalue weighted by Crippen LogP contribution is 2.27. The van der Waals surface area contributed by atoms with Crippen LogP contribution in [0, 0.1) is 0 Å². The Kier molecular flexibility index (Phi) is 8.53. The van der Waals surface area contributed by atoms with Crippen molar-refractivity contribution in [1.29, 1.82) is 0 Å². The van der Waals surface area contributed by atoms with Crippen molar-refractivity contribution in [2.45, 2.75) is 37.0 Å². The zero-order valence-electron chi connectivity index (χ0n) is 17.8. The largest absolute Gasteiger partial charge is 0.352 e. The Morgan fingerprint density at radius 2 is 1.73 bits per heavy atom.